The lowest BCUT2D eigenvalue weighted by atomic mass is 10.0. The molecular formula is C14H27NO2. The van der Waals surface area contributed by atoms with Crippen LogP contribution in [0.3, 0.4) is 0 Å². The molecule has 17 heavy (non-hydrogen) atoms. The summed E-state index contributed by atoms with van der Waals surface area (Å²) < 4.78 is 4.84. The molecular weight excluding hydrogens is 214 g/mol. The van der Waals surface area contributed by atoms with Crippen LogP contribution >= 0.6 is 0 Å². The maximum atomic E-state index is 11.6. The summed E-state index contributed by atoms with van der Waals surface area (Å²) >= 11 is 0. The third-order valence-electron chi connectivity index (χ3n) is 3.80. The van der Waals surface area contributed by atoms with Gasteiger partial charge in [0.2, 0.25) is 0 Å². The highest BCUT2D eigenvalue weighted by atomic mass is 16.5. The molecule has 0 heterocycles. The lowest BCUT2D eigenvalue weighted by molar-refractivity contribution is -0.147. The summed E-state index contributed by atoms with van der Waals surface area (Å²) in [4.78, 5) is 14.1. The summed E-state index contributed by atoms with van der Waals surface area (Å²) in [5.41, 5.74) is 0. The van der Waals surface area contributed by atoms with Crippen LogP contribution in [0.1, 0.15) is 47.0 Å². The number of esters is 1. The first-order chi connectivity index (χ1) is 7.97. The van der Waals surface area contributed by atoms with E-state index in [0.29, 0.717) is 6.04 Å². The van der Waals surface area contributed by atoms with Crippen LogP contribution in [-0.2, 0) is 9.53 Å². The van der Waals surface area contributed by atoms with E-state index in [1.165, 1.54) is 26.4 Å². The molecule has 1 fully saturated rings. The summed E-state index contributed by atoms with van der Waals surface area (Å²) in [5, 5.41) is 0. The molecule has 0 aromatic rings. The lowest BCUT2D eigenvalue weighted by Gasteiger charge is -2.32. The Balaban J connectivity index is 2.53. The van der Waals surface area contributed by atoms with E-state index in [9.17, 15) is 4.79 Å². The van der Waals surface area contributed by atoms with Gasteiger partial charge in [0.15, 0.2) is 0 Å². The fraction of sp³-hybridized carbons (Fsp3) is 0.929. The minimum absolute atomic E-state index is 0.0345. The van der Waals surface area contributed by atoms with Gasteiger partial charge < -0.3 is 4.74 Å². The molecule has 2 atom stereocenters. The Hall–Kier alpha value is -0.570. The highest BCUT2D eigenvalue weighted by Crippen LogP contribution is 2.31. The zero-order valence-electron chi connectivity index (χ0n) is 11.9. The van der Waals surface area contributed by atoms with Gasteiger partial charge in [0.25, 0.3) is 0 Å². The molecule has 0 radical (unpaired) electrons. The van der Waals surface area contributed by atoms with Crippen molar-refractivity contribution in [1.29, 1.82) is 0 Å². The van der Waals surface area contributed by atoms with Gasteiger partial charge in [-0.3, -0.25) is 9.69 Å². The van der Waals surface area contributed by atoms with E-state index in [0.717, 1.165) is 12.5 Å². The molecule has 0 amide bonds. The smallest absolute Gasteiger partial charge is 0.309 e. The van der Waals surface area contributed by atoms with Crippen molar-refractivity contribution in [2.24, 2.45) is 11.8 Å². The van der Waals surface area contributed by atoms with Gasteiger partial charge in [-0.1, -0.05) is 20.8 Å². The molecule has 0 aromatic heterocycles. The van der Waals surface area contributed by atoms with Crippen molar-refractivity contribution in [3.05, 3.63) is 0 Å². The van der Waals surface area contributed by atoms with Crippen molar-refractivity contribution in [2.75, 3.05) is 13.7 Å². The molecule has 0 aliphatic heterocycles. The first-order valence-electron chi connectivity index (χ1n) is 6.81. The Kier molecular flexibility index (Phi) is 5.44. The molecule has 1 aliphatic rings. The van der Waals surface area contributed by atoms with E-state index >= 15 is 0 Å². The van der Waals surface area contributed by atoms with Gasteiger partial charge in [0, 0.05) is 12.1 Å². The molecule has 0 aromatic carbocycles. The second kappa shape index (κ2) is 6.39. The van der Waals surface area contributed by atoms with Gasteiger partial charge in [0.1, 0.15) is 0 Å². The third kappa shape index (κ3) is 4.30. The molecule has 1 rings (SSSR count). The van der Waals surface area contributed by atoms with E-state index in [-0.39, 0.29) is 17.9 Å². The molecule has 2 unspecified atom stereocenters. The molecule has 0 bridgehead atoms. The first-order valence-corrected chi connectivity index (χ1v) is 6.81. The van der Waals surface area contributed by atoms with Crippen molar-refractivity contribution >= 4 is 5.97 Å². The fourth-order valence-electron chi connectivity index (χ4n) is 2.20. The second-order valence-corrected chi connectivity index (χ2v) is 5.70. The van der Waals surface area contributed by atoms with Crippen molar-refractivity contribution in [3.8, 4) is 0 Å². The van der Waals surface area contributed by atoms with Crippen LogP contribution in [0.4, 0.5) is 0 Å². The van der Waals surface area contributed by atoms with Crippen LogP contribution in [0.25, 0.3) is 0 Å². The summed E-state index contributed by atoms with van der Waals surface area (Å²) in [5.74, 6) is 0.595. The molecule has 0 spiro atoms. The third-order valence-corrected chi connectivity index (χ3v) is 3.80. The van der Waals surface area contributed by atoms with Crippen LogP contribution in [0.5, 0.6) is 0 Å². The standard InChI is InChI=1S/C14H27NO2/c1-10(2)8-9-15(13-6-7-13)12(4)11(3)14(16)17-5/h10-13H,6-9H2,1-5H3. The lowest BCUT2D eigenvalue weighted by Crippen LogP contribution is -2.43. The Morgan fingerprint density at radius 3 is 2.29 bits per heavy atom. The topological polar surface area (TPSA) is 29.5 Å². The monoisotopic (exact) mass is 241 g/mol. The minimum atomic E-state index is -0.0901. The number of nitrogens with zero attached hydrogens (tertiary/aromatic N) is 1. The number of hydrogen-bond donors (Lipinski definition) is 0. The second-order valence-electron chi connectivity index (χ2n) is 5.70. The number of hydrogen-bond acceptors (Lipinski definition) is 3. The zero-order valence-corrected chi connectivity index (χ0v) is 11.9. The van der Waals surface area contributed by atoms with Crippen LogP contribution in [0.15, 0.2) is 0 Å². The SMILES string of the molecule is COC(=O)C(C)C(C)N(CCC(C)C)C1CC1. The highest BCUT2D eigenvalue weighted by molar-refractivity contribution is 5.72. The minimum Gasteiger partial charge on any atom is -0.469 e. The molecule has 0 saturated heterocycles. The largest absolute Gasteiger partial charge is 0.469 e. The first kappa shape index (κ1) is 14.5. The summed E-state index contributed by atoms with van der Waals surface area (Å²) in [6.45, 7) is 9.73. The molecule has 1 aliphatic carbocycles. The average Bonchev–Trinajstić information content (AvgIpc) is 3.10. The van der Waals surface area contributed by atoms with Gasteiger partial charge in [-0.2, -0.15) is 0 Å². The van der Waals surface area contributed by atoms with E-state index in [2.05, 4.69) is 25.7 Å². The number of methoxy groups -OCH3 is 1. The molecule has 100 valence electrons. The van der Waals surface area contributed by atoms with E-state index in [1.54, 1.807) is 0 Å². The number of carbonyl (C=O) groups is 1. The number of rotatable bonds is 7. The summed E-state index contributed by atoms with van der Waals surface area (Å²) in [6, 6.07) is 0.990. The van der Waals surface area contributed by atoms with Crippen molar-refractivity contribution in [3.63, 3.8) is 0 Å². The molecule has 3 nitrogen and oxygen atoms in total. The quantitative estimate of drug-likeness (QED) is 0.642. The normalized spacial score (nSPS) is 19.5. The zero-order chi connectivity index (χ0) is 13.0. The van der Waals surface area contributed by atoms with Gasteiger partial charge in [-0.15, -0.1) is 0 Å². The molecule has 0 N–H and O–H groups in total. The van der Waals surface area contributed by atoms with Gasteiger partial charge >= 0.3 is 5.97 Å². The summed E-state index contributed by atoms with van der Waals surface area (Å²) in [6.07, 6.45) is 3.78. The van der Waals surface area contributed by atoms with Gasteiger partial charge in [0.05, 0.1) is 13.0 Å². The van der Waals surface area contributed by atoms with Crippen LogP contribution in [-0.4, -0.2) is 36.6 Å². The predicted molar refractivity (Wildman–Crippen MR) is 69.8 cm³/mol. The summed E-state index contributed by atoms with van der Waals surface area (Å²) in [7, 11) is 1.47. The Morgan fingerprint density at radius 1 is 1.29 bits per heavy atom. The van der Waals surface area contributed by atoms with Crippen molar-refractivity contribution in [2.45, 2.75) is 59.0 Å². The highest BCUT2D eigenvalue weighted by Gasteiger charge is 2.36. The molecule has 3 heteroatoms. The van der Waals surface area contributed by atoms with Crippen LogP contribution in [0, 0.1) is 11.8 Å². The van der Waals surface area contributed by atoms with Gasteiger partial charge in [-0.25, -0.2) is 0 Å². The van der Waals surface area contributed by atoms with Crippen molar-refractivity contribution < 1.29 is 9.53 Å². The van der Waals surface area contributed by atoms with E-state index < -0.39 is 0 Å². The van der Waals surface area contributed by atoms with Crippen LogP contribution in [0.2, 0.25) is 0 Å². The predicted octanol–water partition coefficient (Wildman–Crippen LogP) is 2.69. The Morgan fingerprint density at radius 2 is 1.88 bits per heavy atom. The maximum absolute atomic E-state index is 11.6. The van der Waals surface area contributed by atoms with Crippen molar-refractivity contribution in [1.82, 2.24) is 4.90 Å². The number of carbonyl (C=O) groups excluding carboxylic acids is 1. The fourth-order valence-corrected chi connectivity index (χ4v) is 2.20. The Bertz CT molecular complexity index is 249. The number of ether oxygens (including phenoxy) is 1. The van der Waals surface area contributed by atoms with E-state index in [4.69, 9.17) is 4.74 Å². The Labute approximate surface area is 106 Å². The van der Waals surface area contributed by atoms with Crippen LogP contribution < -0.4 is 0 Å². The molecule has 1 saturated carbocycles. The van der Waals surface area contributed by atoms with Gasteiger partial charge in [-0.05, 0) is 38.6 Å². The average molecular weight is 241 g/mol. The van der Waals surface area contributed by atoms with E-state index in [1.807, 2.05) is 6.92 Å². The maximum Gasteiger partial charge on any atom is 0.309 e.